The third-order valence-electron chi connectivity index (χ3n) is 3.64. The fourth-order valence-electron chi connectivity index (χ4n) is 2.20. The highest BCUT2D eigenvalue weighted by Gasteiger charge is 2.18. The van der Waals surface area contributed by atoms with Crippen molar-refractivity contribution in [3.8, 4) is 0 Å². The van der Waals surface area contributed by atoms with Crippen molar-refractivity contribution in [2.45, 2.75) is 57.5 Å². The molecule has 0 aliphatic heterocycles. The Kier molecular flexibility index (Phi) is 7.16. The second-order valence-electron chi connectivity index (χ2n) is 5.18. The number of rotatable bonds is 7. The molecule has 1 aromatic rings. The van der Waals surface area contributed by atoms with Crippen LogP contribution in [-0.4, -0.2) is 12.1 Å². The minimum Gasteiger partial charge on any atom is -0.328 e. The Hall–Kier alpha value is -0.280. The second-order valence-corrected chi connectivity index (χ2v) is 5.99. The van der Waals surface area contributed by atoms with Crippen LogP contribution in [0.4, 0.5) is 0 Å². The Labute approximate surface area is 126 Å². The molecule has 4 heteroatoms. The molecule has 4 N–H and O–H groups in total. The van der Waals surface area contributed by atoms with E-state index in [1.807, 2.05) is 18.2 Å². The summed E-state index contributed by atoms with van der Waals surface area (Å²) in [5.41, 5.74) is 13.4. The van der Waals surface area contributed by atoms with E-state index in [9.17, 15) is 0 Å². The first-order valence-electron chi connectivity index (χ1n) is 6.94. The van der Waals surface area contributed by atoms with E-state index < -0.39 is 0 Å². The van der Waals surface area contributed by atoms with E-state index >= 15 is 0 Å². The maximum Gasteiger partial charge on any atom is 0.0595 e. The molecule has 0 saturated carbocycles. The van der Waals surface area contributed by atoms with Crippen molar-refractivity contribution in [1.29, 1.82) is 0 Å². The first kappa shape index (κ1) is 16.8. The molecule has 0 bridgehead atoms. The highest BCUT2D eigenvalue weighted by atomic mass is 35.5. The van der Waals surface area contributed by atoms with Gasteiger partial charge in [0.15, 0.2) is 0 Å². The van der Waals surface area contributed by atoms with Gasteiger partial charge in [0.2, 0.25) is 0 Å². The van der Waals surface area contributed by atoms with Gasteiger partial charge in [0.05, 0.1) is 10.0 Å². The van der Waals surface area contributed by atoms with Crippen LogP contribution < -0.4 is 11.5 Å². The van der Waals surface area contributed by atoms with Gasteiger partial charge in [-0.15, -0.1) is 0 Å². The summed E-state index contributed by atoms with van der Waals surface area (Å²) >= 11 is 12.1. The van der Waals surface area contributed by atoms with Crippen molar-refractivity contribution in [2.75, 3.05) is 0 Å². The number of hydrogen-bond donors (Lipinski definition) is 2. The van der Waals surface area contributed by atoms with E-state index in [1.54, 1.807) is 0 Å². The highest BCUT2D eigenvalue weighted by molar-refractivity contribution is 6.42. The summed E-state index contributed by atoms with van der Waals surface area (Å²) in [5.74, 6) is 0.347. The second kappa shape index (κ2) is 8.11. The highest BCUT2D eigenvalue weighted by Crippen LogP contribution is 2.31. The summed E-state index contributed by atoms with van der Waals surface area (Å²) in [6.45, 7) is 4.21. The molecule has 0 spiro atoms. The van der Waals surface area contributed by atoms with Crippen molar-refractivity contribution < 1.29 is 0 Å². The van der Waals surface area contributed by atoms with Crippen LogP contribution in [0.1, 0.15) is 51.0 Å². The standard InChI is InChI=1S/C15H24Cl2N2/c1-3-12(18)7-11(8-13(19)4-2)10-5-6-14(16)15(17)9-10/h5-6,9,11-13H,3-4,7-8,18-19H2,1-2H3. The van der Waals surface area contributed by atoms with Gasteiger partial charge in [0.25, 0.3) is 0 Å². The molecule has 0 saturated heterocycles. The summed E-state index contributed by atoms with van der Waals surface area (Å²) in [6.07, 6.45) is 3.81. The Morgan fingerprint density at radius 2 is 1.47 bits per heavy atom. The molecule has 1 rings (SSSR count). The van der Waals surface area contributed by atoms with E-state index in [4.69, 9.17) is 34.7 Å². The van der Waals surface area contributed by atoms with Gasteiger partial charge in [-0.1, -0.05) is 43.1 Å². The largest absolute Gasteiger partial charge is 0.328 e. The van der Waals surface area contributed by atoms with Crippen molar-refractivity contribution in [3.05, 3.63) is 33.8 Å². The molecule has 0 fully saturated rings. The first-order valence-corrected chi connectivity index (χ1v) is 7.69. The Morgan fingerprint density at radius 1 is 0.947 bits per heavy atom. The summed E-state index contributed by atoms with van der Waals surface area (Å²) in [6, 6.07) is 6.22. The summed E-state index contributed by atoms with van der Waals surface area (Å²) in [7, 11) is 0. The zero-order valence-corrected chi connectivity index (χ0v) is 13.2. The molecule has 0 aromatic heterocycles. The van der Waals surface area contributed by atoms with E-state index in [-0.39, 0.29) is 12.1 Å². The third-order valence-corrected chi connectivity index (χ3v) is 4.38. The molecule has 0 radical (unpaired) electrons. The van der Waals surface area contributed by atoms with Gasteiger partial charge < -0.3 is 11.5 Å². The molecule has 0 amide bonds. The van der Waals surface area contributed by atoms with E-state index in [2.05, 4.69) is 13.8 Å². The lowest BCUT2D eigenvalue weighted by atomic mass is 9.86. The van der Waals surface area contributed by atoms with Gasteiger partial charge in [-0.3, -0.25) is 0 Å². The lowest BCUT2D eigenvalue weighted by Crippen LogP contribution is -2.27. The third kappa shape index (κ3) is 5.31. The van der Waals surface area contributed by atoms with Crippen LogP contribution in [0, 0.1) is 0 Å². The maximum atomic E-state index is 6.10. The molecule has 19 heavy (non-hydrogen) atoms. The van der Waals surface area contributed by atoms with Gasteiger partial charge in [-0.05, 0) is 49.3 Å². The quantitative estimate of drug-likeness (QED) is 0.787. The fourth-order valence-corrected chi connectivity index (χ4v) is 2.51. The number of benzene rings is 1. The van der Waals surface area contributed by atoms with Crippen LogP contribution >= 0.6 is 23.2 Å². The Bertz CT molecular complexity index is 384. The Balaban J connectivity index is 2.90. The average Bonchev–Trinajstić information content (AvgIpc) is 2.40. The van der Waals surface area contributed by atoms with Crippen LogP contribution in [0.3, 0.4) is 0 Å². The van der Waals surface area contributed by atoms with Gasteiger partial charge >= 0.3 is 0 Å². The monoisotopic (exact) mass is 302 g/mol. The zero-order chi connectivity index (χ0) is 14.4. The minimum atomic E-state index is 0.198. The average molecular weight is 303 g/mol. The van der Waals surface area contributed by atoms with Gasteiger partial charge in [-0.25, -0.2) is 0 Å². The lowest BCUT2D eigenvalue weighted by molar-refractivity contribution is 0.447. The van der Waals surface area contributed by atoms with E-state index in [0.717, 1.165) is 25.7 Å². The van der Waals surface area contributed by atoms with Crippen LogP contribution in [0.15, 0.2) is 18.2 Å². The van der Waals surface area contributed by atoms with Crippen LogP contribution in [0.2, 0.25) is 10.0 Å². The van der Waals surface area contributed by atoms with E-state index in [0.29, 0.717) is 16.0 Å². The SMILES string of the molecule is CCC(N)CC(CC(N)CC)c1ccc(Cl)c(Cl)c1. The van der Waals surface area contributed by atoms with E-state index in [1.165, 1.54) is 5.56 Å². The van der Waals surface area contributed by atoms with Crippen molar-refractivity contribution in [2.24, 2.45) is 11.5 Å². The van der Waals surface area contributed by atoms with Gasteiger partial charge in [0.1, 0.15) is 0 Å². The van der Waals surface area contributed by atoms with Crippen molar-refractivity contribution >= 4 is 23.2 Å². The zero-order valence-electron chi connectivity index (χ0n) is 11.7. The van der Waals surface area contributed by atoms with Crippen LogP contribution in [-0.2, 0) is 0 Å². The summed E-state index contributed by atoms with van der Waals surface area (Å²) in [5, 5.41) is 1.18. The molecular weight excluding hydrogens is 279 g/mol. The number of hydrogen-bond acceptors (Lipinski definition) is 2. The smallest absolute Gasteiger partial charge is 0.0595 e. The number of nitrogens with two attached hydrogens (primary N) is 2. The predicted octanol–water partition coefficient (Wildman–Crippen LogP) is 4.33. The molecule has 2 nitrogen and oxygen atoms in total. The van der Waals surface area contributed by atoms with Crippen LogP contribution in [0.25, 0.3) is 0 Å². The Morgan fingerprint density at radius 3 is 1.89 bits per heavy atom. The van der Waals surface area contributed by atoms with Crippen molar-refractivity contribution in [3.63, 3.8) is 0 Å². The molecule has 2 unspecified atom stereocenters. The first-order chi connectivity index (χ1) is 8.97. The maximum absolute atomic E-state index is 6.10. The molecule has 2 atom stereocenters. The topological polar surface area (TPSA) is 52.0 Å². The molecular formula is C15H24Cl2N2. The molecule has 108 valence electrons. The normalized spacial score (nSPS) is 16.1. The van der Waals surface area contributed by atoms with Gasteiger partial charge in [0, 0.05) is 12.1 Å². The predicted molar refractivity (Wildman–Crippen MR) is 85.0 cm³/mol. The molecule has 0 aliphatic carbocycles. The summed E-state index contributed by atoms with van der Waals surface area (Å²) < 4.78 is 0. The summed E-state index contributed by atoms with van der Waals surface area (Å²) in [4.78, 5) is 0. The fraction of sp³-hybridized carbons (Fsp3) is 0.600. The van der Waals surface area contributed by atoms with Crippen LogP contribution in [0.5, 0.6) is 0 Å². The molecule has 1 aromatic carbocycles. The van der Waals surface area contributed by atoms with Gasteiger partial charge in [-0.2, -0.15) is 0 Å². The minimum absolute atomic E-state index is 0.198. The molecule has 0 aliphatic rings. The number of halogens is 2. The van der Waals surface area contributed by atoms with Crippen molar-refractivity contribution in [1.82, 2.24) is 0 Å². The molecule has 0 heterocycles. The lowest BCUT2D eigenvalue weighted by Gasteiger charge is -2.24.